The summed E-state index contributed by atoms with van der Waals surface area (Å²) >= 11 is 3.28. The van der Waals surface area contributed by atoms with Crippen molar-refractivity contribution in [1.29, 1.82) is 0 Å². The van der Waals surface area contributed by atoms with E-state index in [2.05, 4.69) is 35.1 Å². The van der Waals surface area contributed by atoms with Gasteiger partial charge < -0.3 is 5.32 Å². The summed E-state index contributed by atoms with van der Waals surface area (Å²) in [5.41, 5.74) is 0.763. The fraction of sp³-hybridized carbons (Fsp3) is 0.571. The lowest BCUT2D eigenvalue weighted by Crippen LogP contribution is -2.35. The first-order chi connectivity index (χ1) is 8.99. The SMILES string of the molecule is C[C@H]1[C@H](C)CCC[C@H]1Nc1ccc(Br)cc1[N+](=O)[O-]. The summed E-state index contributed by atoms with van der Waals surface area (Å²) in [6.07, 6.45) is 3.52. The van der Waals surface area contributed by atoms with Crippen molar-refractivity contribution in [3.8, 4) is 0 Å². The molecule has 2 rings (SSSR count). The Morgan fingerprint density at radius 3 is 2.79 bits per heavy atom. The molecule has 0 radical (unpaired) electrons. The van der Waals surface area contributed by atoms with Gasteiger partial charge in [0.25, 0.3) is 5.69 Å². The van der Waals surface area contributed by atoms with Crippen molar-refractivity contribution >= 4 is 27.3 Å². The molecule has 0 heterocycles. The third-order valence-electron chi connectivity index (χ3n) is 4.20. The molecule has 0 aromatic heterocycles. The van der Waals surface area contributed by atoms with Gasteiger partial charge in [-0.1, -0.05) is 42.6 Å². The molecule has 1 aromatic carbocycles. The maximum absolute atomic E-state index is 11.1. The summed E-state index contributed by atoms with van der Waals surface area (Å²) in [5, 5.41) is 14.5. The number of benzene rings is 1. The molecule has 4 nitrogen and oxygen atoms in total. The number of halogens is 1. The molecule has 0 saturated heterocycles. The fourth-order valence-corrected chi connectivity index (χ4v) is 3.11. The highest BCUT2D eigenvalue weighted by atomic mass is 79.9. The second-order valence-electron chi connectivity index (χ2n) is 5.44. The molecule has 1 aromatic rings. The van der Waals surface area contributed by atoms with Crippen LogP contribution in [0, 0.1) is 22.0 Å². The quantitative estimate of drug-likeness (QED) is 0.652. The van der Waals surface area contributed by atoms with Gasteiger partial charge in [0.15, 0.2) is 0 Å². The number of nitro groups is 1. The zero-order chi connectivity index (χ0) is 14.0. The maximum Gasteiger partial charge on any atom is 0.293 e. The standard InChI is InChI=1S/C14H19BrN2O2/c1-9-4-3-5-12(10(9)2)16-13-7-6-11(15)8-14(13)17(18)19/h6-10,12,16H,3-5H2,1-2H3/t9-,10+,12-/m1/s1. The van der Waals surface area contributed by atoms with E-state index in [1.54, 1.807) is 12.1 Å². The van der Waals surface area contributed by atoms with Gasteiger partial charge in [-0.15, -0.1) is 0 Å². The Balaban J connectivity index is 2.21. The molecule has 1 fully saturated rings. The van der Waals surface area contributed by atoms with Crippen molar-refractivity contribution in [2.45, 2.75) is 39.2 Å². The molecule has 0 spiro atoms. The molecule has 0 amide bonds. The highest BCUT2D eigenvalue weighted by molar-refractivity contribution is 9.10. The van der Waals surface area contributed by atoms with Gasteiger partial charge in [-0.05, 0) is 30.4 Å². The number of nitrogens with zero attached hydrogens (tertiary/aromatic N) is 1. The number of nitro benzene ring substituents is 1. The Kier molecular flexibility index (Phi) is 4.45. The zero-order valence-electron chi connectivity index (χ0n) is 11.2. The van der Waals surface area contributed by atoms with E-state index in [-0.39, 0.29) is 10.6 Å². The molecule has 104 valence electrons. The van der Waals surface area contributed by atoms with Crippen LogP contribution in [0.2, 0.25) is 0 Å². The van der Waals surface area contributed by atoms with E-state index in [4.69, 9.17) is 0 Å². The molecule has 3 atom stereocenters. The van der Waals surface area contributed by atoms with Gasteiger partial charge in [0, 0.05) is 16.6 Å². The molecule has 1 N–H and O–H groups in total. The first-order valence-corrected chi connectivity index (χ1v) is 7.49. The molecule has 1 saturated carbocycles. The van der Waals surface area contributed by atoms with Crippen molar-refractivity contribution < 1.29 is 4.92 Å². The summed E-state index contributed by atoms with van der Waals surface area (Å²) in [6, 6.07) is 5.50. The van der Waals surface area contributed by atoms with Gasteiger partial charge in [-0.3, -0.25) is 10.1 Å². The van der Waals surface area contributed by atoms with Crippen LogP contribution in [0.25, 0.3) is 0 Å². The van der Waals surface area contributed by atoms with Crippen LogP contribution in [0.3, 0.4) is 0 Å². The molecule has 5 heteroatoms. The van der Waals surface area contributed by atoms with E-state index in [1.807, 2.05) is 6.07 Å². The lowest BCUT2D eigenvalue weighted by atomic mass is 9.78. The lowest BCUT2D eigenvalue weighted by molar-refractivity contribution is -0.384. The summed E-state index contributed by atoms with van der Waals surface area (Å²) < 4.78 is 0.731. The van der Waals surface area contributed by atoms with E-state index >= 15 is 0 Å². The number of rotatable bonds is 3. The Morgan fingerprint density at radius 2 is 2.11 bits per heavy atom. The molecule has 1 aliphatic rings. The van der Waals surface area contributed by atoms with Gasteiger partial charge >= 0.3 is 0 Å². The molecule has 0 aliphatic heterocycles. The summed E-state index contributed by atoms with van der Waals surface area (Å²) in [6.45, 7) is 4.49. The topological polar surface area (TPSA) is 55.2 Å². The van der Waals surface area contributed by atoms with Gasteiger partial charge in [0.05, 0.1) is 4.92 Å². The van der Waals surface area contributed by atoms with Crippen molar-refractivity contribution in [2.75, 3.05) is 5.32 Å². The Bertz CT molecular complexity index is 479. The predicted molar refractivity (Wildman–Crippen MR) is 80.4 cm³/mol. The van der Waals surface area contributed by atoms with Gasteiger partial charge in [-0.2, -0.15) is 0 Å². The van der Waals surface area contributed by atoms with Crippen LogP contribution in [0.4, 0.5) is 11.4 Å². The van der Waals surface area contributed by atoms with Crippen LogP contribution in [-0.4, -0.2) is 11.0 Å². The average molecular weight is 327 g/mol. The van der Waals surface area contributed by atoms with E-state index in [1.165, 1.54) is 12.8 Å². The molecular weight excluding hydrogens is 308 g/mol. The number of hydrogen-bond donors (Lipinski definition) is 1. The monoisotopic (exact) mass is 326 g/mol. The van der Waals surface area contributed by atoms with E-state index in [0.29, 0.717) is 23.6 Å². The molecule has 0 bridgehead atoms. The van der Waals surface area contributed by atoms with Crippen LogP contribution >= 0.6 is 15.9 Å². The van der Waals surface area contributed by atoms with Crippen molar-refractivity contribution in [3.63, 3.8) is 0 Å². The van der Waals surface area contributed by atoms with E-state index in [9.17, 15) is 10.1 Å². The minimum Gasteiger partial charge on any atom is -0.376 e. The predicted octanol–water partition coefficient (Wildman–Crippen LogP) is 4.59. The Labute approximate surface area is 121 Å². The van der Waals surface area contributed by atoms with Crippen LogP contribution in [-0.2, 0) is 0 Å². The summed E-state index contributed by atoms with van der Waals surface area (Å²) in [7, 11) is 0. The number of hydrogen-bond acceptors (Lipinski definition) is 3. The van der Waals surface area contributed by atoms with Gasteiger partial charge in [-0.25, -0.2) is 0 Å². The van der Waals surface area contributed by atoms with E-state index in [0.717, 1.165) is 10.9 Å². The molecule has 19 heavy (non-hydrogen) atoms. The zero-order valence-corrected chi connectivity index (χ0v) is 12.8. The highest BCUT2D eigenvalue weighted by Crippen LogP contribution is 2.34. The van der Waals surface area contributed by atoms with Crippen molar-refractivity contribution in [1.82, 2.24) is 0 Å². The second-order valence-corrected chi connectivity index (χ2v) is 6.35. The minimum atomic E-state index is -0.329. The number of anilines is 1. The second kappa shape index (κ2) is 5.90. The smallest absolute Gasteiger partial charge is 0.293 e. The van der Waals surface area contributed by atoms with Gasteiger partial charge in [0.1, 0.15) is 5.69 Å². The van der Waals surface area contributed by atoms with Crippen LogP contribution in [0.5, 0.6) is 0 Å². The Hall–Kier alpha value is -1.10. The summed E-state index contributed by atoms with van der Waals surface area (Å²) in [4.78, 5) is 10.8. The van der Waals surface area contributed by atoms with Crippen molar-refractivity contribution in [2.24, 2.45) is 11.8 Å². The molecular formula is C14H19BrN2O2. The molecule has 1 aliphatic carbocycles. The van der Waals surface area contributed by atoms with Crippen LogP contribution in [0.1, 0.15) is 33.1 Å². The first-order valence-electron chi connectivity index (χ1n) is 6.69. The average Bonchev–Trinajstić information content (AvgIpc) is 2.36. The number of nitrogens with one attached hydrogen (secondary N) is 1. The van der Waals surface area contributed by atoms with Crippen LogP contribution in [0.15, 0.2) is 22.7 Å². The minimum absolute atomic E-state index is 0.139. The lowest BCUT2D eigenvalue weighted by Gasteiger charge is -2.35. The Morgan fingerprint density at radius 1 is 1.37 bits per heavy atom. The summed E-state index contributed by atoms with van der Waals surface area (Å²) in [5.74, 6) is 1.21. The third-order valence-corrected chi connectivity index (χ3v) is 4.70. The first kappa shape index (κ1) is 14.3. The largest absolute Gasteiger partial charge is 0.376 e. The molecule has 0 unspecified atom stereocenters. The van der Waals surface area contributed by atoms with Crippen molar-refractivity contribution in [3.05, 3.63) is 32.8 Å². The third kappa shape index (κ3) is 3.26. The van der Waals surface area contributed by atoms with Crippen LogP contribution < -0.4 is 5.32 Å². The highest BCUT2D eigenvalue weighted by Gasteiger charge is 2.28. The normalized spacial score (nSPS) is 27.0. The maximum atomic E-state index is 11.1. The van der Waals surface area contributed by atoms with Gasteiger partial charge in [0.2, 0.25) is 0 Å². The van der Waals surface area contributed by atoms with E-state index < -0.39 is 0 Å². The fourth-order valence-electron chi connectivity index (χ4n) is 2.76.